The van der Waals surface area contributed by atoms with Gasteiger partial charge < -0.3 is 24.0 Å². The Hall–Kier alpha value is -2.70. The lowest BCUT2D eigenvalue weighted by Gasteiger charge is -2.21. The van der Waals surface area contributed by atoms with E-state index in [1.165, 1.54) is 0 Å². The van der Waals surface area contributed by atoms with Crippen molar-refractivity contribution in [2.75, 3.05) is 19.6 Å². The Labute approximate surface area is 146 Å². The van der Waals surface area contributed by atoms with Crippen LogP contribution in [-0.4, -0.2) is 41.4 Å². The molecule has 0 unspecified atom stereocenters. The number of hydrogen-bond acceptors (Lipinski definition) is 4. The summed E-state index contributed by atoms with van der Waals surface area (Å²) >= 11 is 0. The molecule has 134 valence electrons. The summed E-state index contributed by atoms with van der Waals surface area (Å²) in [4.78, 5) is 28.0. The molecule has 3 heterocycles. The zero-order valence-corrected chi connectivity index (χ0v) is 14.1. The van der Waals surface area contributed by atoms with Gasteiger partial charge in [0.1, 0.15) is 11.5 Å². The van der Waals surface area contributed by atoms with Crippen LogP contribution in [0.1, 0.15) is 30.8 Å². The largest absolute Gasteiger partial charge is 0.467 e. The molecule has 1 fully saturated rings. The molecular weight excluding hydrogens is 322 g/mol. The van der Waals surface area contributed by atoms with Gasteiger partial charge in [-0.15, -0.1) is 0 Å². The number of amides is 3. The quantitative estimate of drug-likeness (QED) is 0.836. The minimum Gasteiger partial charge on any atom is -0.467 e. The Morgan fingerprint density at radius 2 is 1.64 bits per heavy atom. The first-order valence-electron chi connectivity index (χ1n) is 8.57. The molecule has 3 amide bonds. The SMILES string of the molecule is O=C(CCNC(=O)N(Cc1ccco1)Cc1ccco1)N1CCCC1. The molecule has 2 aromatic heterocycles. The fourth-order valence-corrected chi connectivity index (χ4v) is 2.89. The van der Waals surface area contributed by atoms with Crippen LogP contribution >= 0.6 is 0 Å². The summed E-state index contributed by atoms with van der Waals surface area (Å²) in [6.45, 7) is 2.64. The Balaban J connectivity index is 1.51. The van der Waals surface area contributed by atoms with Gasteiger partial charge in [-0.3, -0.25) is 4.79 Å². The molecule has 3 rings (SSSR count). The Kier molecular flexibility index (Phi) is 5.77. The minimum absolute atomic E-state index is 0.0985. The number of carbonyl (C=O) groups is 2. The number of rotatable bonds is 7. The van der Waals surface area contributed by atoms with Crippen LogP contribution in [0.2, 0.25) is 0 Å². The molecule has 25 heavy (non-hydrogen) atoms. The summed E-state index contributed by atoms with van der Waals surface area (Å²) in [7, 11) is 0. The topological polar surface area (TPSA) is 78.9 Å². The molecule has 1 aliphatic rings. The van der Waals surface area contributed by atoms with Gasteiger partial charge in [0.25, 0.3) is 0 Å². The van der Waals surface area contributed by atoms with Crippen molar-refractivity contribution in [3.63, 3.8) is 0 Å². The van der Waals surface area contributed by atoms with E-state index in [1.807, 2.05) is 17.0 Å². The number of hydrogen-bond donors (Lipinski definition) is 1. The van der Waals surface area contributed by atoms with Crippen LogP contribution < -0.4 is 5.32 Å². The number of urea groups is 1. The Bertz CT molecular complexity index is 624. The van der Waals surface area contributed by atoms with E-state index < -0.39 is 0 Å². The lowest BCUT2D eigenvalue weighted by molar-refractivity contribution is -0.129. The van der Waals surface area contributed by atoms with Gasteiger partial charge in [0, 0.05) is 26.1 Å². The van der Waals surface area contributed by atoms with Gasteiger partial charge in [0.15, 0.2) is 0 Å². The average Bonchev–Trinajstić information content (AvgIpc) is 3.37. The molecule has 0 saturated carbocycles. The van der Waals surface area contributed by atoms with Gasteiger partial charge in [-0.2, -0.15) is 0 Å². The highest BCUT2D eigenvalue weighted by molar-refractivity contribution is 5.78. The van der Waals surface area contributed by atoms with E-state index in [4.69, 9.17) is 8.83 Å². The summed E-state index contributed by atoms with van der Waals surface area (Å²) < 4.78 is 10.7. The van der Waals surface area contributed by atoms with Crippen LogP contribution in [0.3, 0.4) is 0 Å². The molecule has 1 N–H and O–H groups in total. The zero-order chi connectivity index (χ0) is 17.5. The maximum absolute atomic E-state index is 12.5. The molecule has 1 aliphatic heterocycles. The second kappa shape index (κ2) is 8.41. The fraction of sp³-hybridized carbons (Fsp3) is 0.444. The van der Waals surface area contributed by atoms with Crippen LogP contribution in [0, 0.1) is 0 Å². The smallest absolute Gasteiger partial charge is 0.318 e. The monoisotopic (exact) mass is 345 g/mol. The summed E-state index contributed by atoms with van der Waals surface area (Å²) in [5, 5.41) is 2.82. The minimum atomic E-state index is -0.248. The van der Waals surface area contributed by atoms with Crippen LogP contribution in [-0.2, 0) is 17.9 Å². The van der Waals surface area contributed by atoms with E-state index in [0.717, 1.165) is 25.9 Å². The second-order valence-corrected chi connectivity index (χ2v) is 6.08. The molecule has 2 aromatic rings. The van der Waals surface area contributed by atoms with Crippen LogP contribution in [0.5, 0.6) is 0 Å². The van der Waals surface area contributed by atoms with Gasteiger partial charge in [-0.25, -0.2) is 4.79 Å². The highest BCUT2D eigenvalue weighted by Gasteiger charge is 2.20. The van der Waals surface area contributed by atoms with Crippen molar-refractivity contribution in [3.05, 3.63) is 48.3 Å². The van der Waals surface area contributed by atoms with E-state index >= 15 is 0 Å². The van der Waals surface area contributed by atoms with Gasteiger partial charge in [-0.1, -0.05) is 0 Å². The molecular formula is C18H23N3O4. The predicted molar refractivity (Wildman–Crippen MR) is 90.5 cm³/mol. The normalized spacial score (nSPS) is 13.8. The molecule has 7 nitrogen and oxygen atoms in total. The van der Waals surface area contributed by atoms with Crippen LogP contribution in [0.25, 0.3) is 0 Å². The molecule has 0 bridgehead atoms. The van der Waals surface area contributed by atoms with Crippen molar-refractivity contribution in [3.8, 4) is 0 Å². The Morgan fingerprint density at radius 3 is 2.16 bits per heavy atom. The third-order valence-corrected chi connectivity index (χ3v) is 4.21. The van der Waals surface area contributed by atoms with E-state index in [0.29, 0.717) is 37.6 Å². The lowest BCUT2D eigenvalue weighted by Crippen LogP contribution is -2.40. The number of nitrogens with zero attached hydrogens (tertiary/aromatic N) is 2. The first kappa shape index (κ1) is 17.1. The molecule has 0 radical (unpaired) electrons. The standard InChI is InChI=1S/C18H23N3O4/c22-17(20-9-1-2-10-20)7-8-19-18(23)21(13-15-5-3-11-24-15)14-16-6-4-12-25-16/h3-6,11-12H,1-2,7-10,13-14H2,(H,19,23). The third kappa shape index (κ3) is 4.89. The van der Waals surface area contributed by atoms with E-state index in [9.17, 15) is 9.59 Å². The van der Waals surface area contributed by atoms with Crippen molar-refractivity contribution in [1.82, 2.24) is 15.1 Å². The van der Waals surface area contributed by atoms with Crippen molar-refractivity contribution in [1.29, 1.82) is 0 Å². The molecule has 0 atom stereocenters. The second-order valence-electron chi connectivity index (χ2n) is 6.08. The van der Waals surface area contributed by atoms with E-state index in [1.54, 1.807) is 29.6 Å². The summed E-state index contributed by atoms with van der Waals surface area (Å²) in [5.41, 5.74) is 0. The van der Waals surface area contributed by atoms with Crippen LogP contribution in [0.15, 0.2) is 45.6 Å². The van der Waals surface area contributed by atoms with Gasteiger partial charge >= 0.3 is 6.03 Å². The summed E-state index contributed by atoms with van der Waals surface area (Å²) in [6.07, 6.45) is 5.61. The van der Waals surface area contributed by atoms with Crippen LogP contribution in [0.4, 0.5) is 4.79 Å². The van der Waals surface area contributed by atoms with Crippen molar-refractivity contribution < 1.29 is 18.4 Å². The van der Waals surface area contributed by atoms with Crippen molar-refractivity contribution >= 4 is 11.9 Å². The van der Waals surface area contributed by atoms with Crippen molar-refractivity contribution in [2.24, 2.45) is 0 Å². The molecule has 0 aliphatic carbocycles. The highest BCUT2D eigenvalue weighted by atomic mass is 16.3. The summed E-state index contributed by atoms with van der Waals surface area (Å²) in [5.74, 6) is 1.48. The zero-order valence-electron chi connectivity index (χ0n) is 14.1. The number of nitrogens with one attached hydrogen (secondary N) is 1. The Morgan fingerprint density at radius 1 is 1.04 bits per heavy atom. The predicted octanol–water partition coefficient (Wildman–Crippen LogP) is 2.60. The highest BCUT2D eigenvalue weighted by Crippen LogP contribution is 2.12. The maximum atomic E-state index is 12.5. The van der Waals surface area contributed by atoms with Gasteiger partial charge in [0.2, 0.25) is 5.91 Å². The first-order valence-corrected chi connectivity index (χ1v) is 8.57. The molecule has 7 heteroatoms. The number of furan rings is 2. The fourth-order valence-electron chi connectivity index (χ4n) is 2.89. The molecule has 0 spiro atoms. The summed E-state index contributed by atoms with van der Waals surface area (Å²) in [6, 6.07) is 6.96. The van der Waals surface area contributed by atoms with E-state index in [-0.39, 0.29) is 11.9 Å². The van der Waals surface area contributed by atoms with E-state index in [2.05, 4.69) is 5.32 Å². The average molecular weight is 345 g/mol. The van der Waals surface area contributed by atoms with Crippen molar-refractivity contribution in [2.45, 2.75) is 32.4 Å². The van der Waals surface area contributed by atoms with Gasteiger partial charge in [-0.05, 0) is 37.1 Å². The maximum Gasteiger partial charge on any atom is 0.318 e. The molecule has 0 aromatic carbocycles. The van der Waals surface area contributed by atoms with Gasteiger partial charge in [0.05, 0.1) is 25.6 Å². The number of carbonyl (C=O) groups excluding carboxylic acids is 2. The molecule has 1 saturated heterocycles. The third-order valence-electron chi connectivity index (χ3n) is 4.21. The lowest BCUT2D eigenvalue weighted by atomic mass is 10.3. The number of likely N-dealkylation sites (tertiary alicyclic amines) is 1. The first-order chi connectivity index (χ1) is 12.2.